The summed E-state index contributed by atoms with van der Waals surface area (Å²) in [5, 5.41) is 5.39. The van der Waals surface area contributed by atoms with Crippen LogP contribution in [-0.4, -0.2) is 29.4 Å². The standard InChI is InChI=1S/C12H16N4O2/c1-7-5-9(13)8(6-15-7)11(17)16-10-3-2-4-14-12(10)18/h5-6,10H,2-4H2,1H3,(H2,13,15)(H,14,18)(H,16,17). The highest BCUT2D eigenvalue weighted by atomic mass is 16.2. The second-order valence-electron chi connectivity index (χ2n) is 4.37. The predicted octanol–water partition coefficient (Wildman–Crippen LogP) is -0.0194. The number of nitrogens with two attached hydrogens (primary N) is 1. The highest BCUT2D eigenvalue weighted by Crippen LogP contribution is 2.12. The van der Waals surface area contributed by atoms with Gasteiger partial charge in [-0.15, -0.1) is 0 Å². The van der Waals surface area contributed by atoms with Crippen molar-refractivity contribution >= 4 is 17.5 Å². The van der Waals surface area contributed by atoms with Crippen molar-refractivity contribution in [3.05, 3.63) is 23.5 Å². The van der Waals surface area contributed by atoms with Gasteiger partial charge in [0.05, 0.1) is 5.56 Å². The minimum Gasteiger partial charge on any atom is -0.398 e. The second-order valence-corrected chi connectivity index (χ2v) is 4.37. The number of rotatable bonds is 2. The SMILES string of the molecule is Cc1cc(N)c(C(=O)NC2CCCNC2=O)cn1. The molecule has 0 spiro atoms. The van der Waals surface area contributed by atoms with E-state index < -0.39 is 6.04 Å². The molecule has 2 heterocycles. The number of hydrogen-bond acceptors (Lipinski definition) is 4. The summed E-state index contributed by atoms with van der Waals surface area (Å²) in [6.45, 7) is 2.46. The quantitative estimate of drug-likeness (QED) is 0.685. The van der Waals surface area contributed by atoms with E-state index in [0.717, 1.165) is 12.1 Å². The zero-order valence-electron chi connectivity index (χ0n) is 10.2. The molecule has 6 nitrogen and oxygen atoms in total. The van der Waals surface area contributed by atoms with E-state index in [9.17, 15) is 9.59 Å². The fourth-order valence-corrected chi connectivity index (χ4v) is 1.92. The second kappa shape index (κ2) is 5.03. The van der Waals surface area contributed by atoms with Gasteiger partial charge in [0.1, 0.15) is 6.04 Å². The Kier molecular flexibility index (Phi) is 3.45. The molecule has 1 aliphatic rings. The summed E-state index contributed by atoms with van der Waals surface area (Å²) in [5.41, 5.74) is 7.19. The van der Waals surface area contributed by atoms with Crippen LogP contribution in [0.4, 0.5) is 5.69 Å². The van der Waals surface area contributed by atoms with Crippen molar-refractivity contribution in [2.75, 3.05) is 12.3 Å². The van der Waals surface area contributed by atoms with Gasteiger partial charge in [-0.1, -0.05) is 0 Å². The summed E-state index contributed by atoms with van der Waals surface area (Å²) in [7, 11) is 0. The summed E-state index contributed by atoms with van der Waals surface area (Å²) in [5.74, 6) is -0.504. The molecule has 1 saturated heterocycles. The minimum absolute atomic E-state index is 0.145. The van der Waals surface area contributed by atoms with Crippen LogP contribution in [-0.2, 0) is 4.79 Å². The van der Waals surface area contributed by atoms with Crippen molar-refractivity contribution in [3.63, 3.8) is 0 Å². The van der Waals surface area contributed by atoms with Crippen LogP contribution in [0.2, 0.25) is 0 Å². The summed E-state index contributed by atoms with van der Waals surface area (Å²) >= 11 is 0. The third-order valence-electron chi connectivity index (χ3n) is 2.91. The number of nitrogens with one attached hydrogen (secondary N) is 2. The summed E-state index contributed by atoms with van der Waals surface area (Å²) in [6.07, 6.45) is 2.94. The van der Waals surface area contributed by atoms with Crippen molar-refractivity contribution in [1.82, 2.24) is 15.6 Å². The number of carbonyl (C=O) groups excluding carboxylic acids is 2. The van der Waals surface area contributed by atoms with E-state index in [2.05, 4.69) is 15.6 Å². The average molecular weight is 248 g/mol. The summed E-state index contributed by atoms with van der Waals surface area (Å²) in [4.78, 5) is 27.5. The Bertz CT molecular complexity index is 487. The van der Waals surface area contributed by atoms with Crippen molar-refractivity contribution < 1.29 is 9.59 Å². The molecule has 1 aromatic rings. The van der Waals surface area contributed by atoms with Gasteiger partial charge in [0.25, 0.3) is 5.91 Å². The lowest BCUT2D eigenvalue weighted by molar-refractivity contribution is -0.124. The molecule has 1 aliphatic heterocycles. The number of nitrogens with zero attached hydrogens (tertiary/aromatic N) is 1. The van der Waals surface area contributed by atoms with Gasteiger partial charge in [-0.25, -0.2) is 0 Å². The molecule has 1 atom stereocenters. The number of pyridine rings is 1. The molecule has 1 aromatic heterocycles. The highest BCUT2D eigenvalue weighted by molar-refractivity contribution is 6.01. The monoisotopic (exact) mass is 248 g/mol. The summed E-state index contributed by atoms with van der Waals surface area (Å²) < 4.78 is 0. The normalized spacial score (nSPS) is 19.2. The van der Waals surface area contributed by atoms with Gasteiger partial charge in [-0.2, -0.15) is 0 Å². The maximum atomic E-state index is 12.0. The number of hydrogen-bond donors (Lipinski definition) is 3. The predicted molar refractivity (Wildman–Crippen MR) is 66.9 cm³/mol. The maximum Gasteiger partial charge on any atom is 0.255 e. The van der Waals surface area contributed by atoms with E-state index >= 15 is 0 Å². The van der Waals surface area contributed by atoms with E-state index in [1.165, 1.54) is 6.20 Å². The largest absolute Gasteiger partial charge is 0.398 e. The fraction of sp³-hybridized carbons (Fsp3) is 0.417. The molecule has 2 amide bonds. The van der Waals surface area contributed by atoms with Gasteiger partial charge < -0.3 is 16.4 Å². The first-order valence-corrected chi connectivity index (χ1v) is 5.88. The van der Waals surface area contributed by atoms with Crippen LogP contribution < -0.4 is 16.4 Å². The van der Waals surface area contributed by atoms with Gasteiger partial charge in [0.15, 0.2) is 0 Å². The number of aromatic nitrogens is 1. The van der Waals surface area contributed by atoms with Crippen LogP contribution in [0.3, 0.4) is 0 Å². The zero-order valence-corrected chi connectivity index (χ0v) is 10.2. The zero-order chi connectivity index (χ0) is 13.1. The molecule has 1 unspecified atom stereocenters. The van der Waals surface area contributed by atoms with Gasteiger partial charge in [-0.3, -0.25) is 14.6 Å². The fourth-order valence-electron chi connectivity index (χ4n) is 1.92. The molecular formula is C12H16N4O2. The molecule has 96 valence electrons. The number of aryl methyl sites for hydroxylation is 1. The van der Waals surface area contributed by atoms with E-state index in [1.807, 2.05) is 0 Å². The van der Waals surface area contributed by atoms with Crippen molar-refractivity contribution in [2.24, 2.45) is 0 Å². The lowest BCUT2D eigenvalue weighted by atomic mass is 10.1. The number of anilines is 1. The van der Waals surface area contributed by atoms with Gasteiger partial charge in [0, 0.05) is 24.1 Å². The van der Waals surface area contributed by atoms with Gasteiger partial charge in [-0.05, 0) is 25.8 Å². The van der Waals surface area contributed by atoms with Gasteiger partial charge in [0.2, 0.25) is 5.91 Å². The van der Waals surface area contributed by atoms with E-state index in [0.29, 0.717) is 24.2 Å². The van der Waals surface area contributed by atoms with Gasteiger partial charge >= 0.3 is 0 Å². The van der Waals surface area contributed by atoms with Crippen LogP contribution in [0.15, 0.2) is 12.3 Å². The minimum atomic E-state index is -0.480. The number of piperidine rings is 1. The number of carbonyl (C=O) groups is 2. The summed E-state index contributed by atoms with van der Waals surface area (Å²) in [6, 6.07) is 1.16. The third-order valence-corrected chi connectivity index (χ3v) is 2.91. The smallest absolute Gasteiger partial charge is 0.255 e. The van der Waals surface area contributed by atoms with E-state index in [1.54, 1.807) is 13.0 Å². The van der Waals surface area contributed by atoms with Crippen molar-refractivity contribution in [1.29, 1.82) is 0 Å². The molecular weight excluding hydrogens is 232 g/mol. The molecule has 6 heteroatoms. The molecule has 0 aromatic carbocycles. The average Bonchev–Trinajstić information content (AvgIpc) is 2.32. The molecule has 2 rings (SSSR count). The topological polar surface area (TPSA) is 97.1 Å². The van der Waals surface area contributed by atoms with Crippen molar-refractivity contribution in [3.8, 4) is 0 Å². The Morgan fingerprint density at radius 2 is 2.39 bits per heavy atom. The molecule has 0 bridgehead atoms. The molecule has 0 aliphatic carbocycles. The number of amides is 2. The Balaban J connectivity index is 2.09. The van der Waals surface area contributed by atoms with Crippen LogP contribution in [0.25, 0.3) is 0 Å². The first kappa shape index (κ1) is 12.3. The van der Waals surface area contributed by atoms with Crippen LogP contribution in [0.5, 0.6) is 0 Å². The lowest BCUT2D eigenvalue weighted by Crippen LogP contribution is -2.50. The molecule has 0 radical (unpaired) electrons. The van der Waals surface area contributed by atoms with Crippen LogP contribution in [0.1, 0.15) is 28.9 Å². The highest BCUT2D eigenvalue weighted by Gasteiger charge is 2.24. The first-order chi connectivity index (χ1) is 8.58. The molecule has 0 saturated carbocycles. The van der Waals surface area contributed by atoms with E-state index in [4.69, 9.17) is 5.73 Å². The maximum absolute atomic E-state index is 12.0. The third kappa shape index (κ3) is 2.58. The Labute approximate surface area is 105 Å². The van der Waals surface area contributed by atoms with Crippen molar-refractivity contribution in [2.45, 2.75) is 25.8 Å². The lowest BCUT2D eigenvalue weighted by Gasteiger charge is -2.22. The molecule has 4 N–H and O–H groups in total. The van der Waals surface area contributed by atoms with Crippen LogP contribution in [0, 0.1) is 6.92 Å². The van der Waals surface area contributed by atoms with Crippen LogP contribution >= 0.6 is 0 Å². The molecule has 1 fully saturated rings. The Hall–Kier alpha value is -2.11. The Morgan fingerprint density at radius 3 is 3.06 bits per heavy atom. The molecule has 18 heavy (non-hydrogen) atoms. The van der Waals surface area contributed by atoms with E-state index in [-0.39, 0.29) is 11.8 Å². The Morgan fingerprint density at radius 1 is 1.61 bits per heavy atom. The first-order valence-electron chi connectivity index (χ1n) is 5.88. The number of nitrogen functional groups attached to an aromatic ring is 1.